The summed E-state index contributed by atoms with van der Waals surface area (Å²) in [6, 6.07) is 9.08. The lowest BCUT2D eigenvalue weighted by Gasteiger charge is -2.46. The van der Waals surface area contributed by atoms with E-state index < -0.39 is 5.82 Å². The van der Waals surface area contributed by atoms with E-state index in [1.54, 1.807) is 42.7 Å². The molecule has 2 bridgehead atoms. The number of anilines is 2. The third-order valence-electron chi connectivity index (χ3n) is 8.80. The van der Waals surface area contributed by atoms with Gasteiger partial charge in [-0.05, 0) is 106 Å². The lowest BCUT2D eigenvalue weighted by molar-refractivity contribution is 0.125. The van der Waals surface area contributed by atoms with Gasteiger partial charge in [0, 0.05) is 41.1 Å². The van der Waals surface area contributed by atoms with Crippen LogP contribution in [-0.4, -0.2) is 25.7 Å². The number of fused-ring (bicyclic) bond motifs is 2. The molecule has 6 rings (SSSR count). The average Bonchev–Trinajstić information content (AvgIpc) is 2.93. The minimum absolute atomic E-state index is 0.171. The molecule has 40 heavy (non-hydrogen) atoms. The Hall–Kier alpha value is -2.87. The highest BCUT2D eigenvalue weighted by molar-refractivity contribution is 8.01. The zero-order chi connectivity index (χ0) is 27.5. The van der Waals surface area contributed by atoms with Crippen LogP contribution in [0.5, 0.6) is 11.5 Å². The van der Waals surface area contributed by atoms with Gasteiger partial charge in [-0.3, -0.25) is 4.98 Å². The Morgan fingerprint density at radius 3 is 2.55 bits per heavy atom. The quantitative estimate of drug-likeness (QED) is 0.266. The van der Waals surface area contributed by atoms with Crippen LogP contribution in [0.2, 0.25) is 0 Å². The largest absolute Gasteiger partial charge is 0.453 e. The summed E-state index contributed by atoms with van der Waals surface area (Å²) in [6.45, 7) is 4.76. The predicted molar refractivity (Wildman–Crippen MR) is 161 cm³/mol. The molecule has 2 aromatic heterocycles. The van der Waals surface area contributed by atoms with Gasteiger partial charge in [-0.15, -0.1) is 0 Å². The highest BCUT2D eigenvalue weighted by Gasteiger charge is 2.41. The number of hydrogen-bond acceptors (Lipinski definition) is 7. The first kappa shape index (κ1) is 27.3. The molecule has 1 aromatic carbocycles. The van der Waals surface area contributed by atoms with Crippen LogP contribution in [0.4, 0.5) is 16.0 Å². The number of pyridine rings is 1. The van der Waals surface area contributed by atoms with Crippen molar-refractivity contribution in [1.29, 1.82) is 0 Å². The third-order valence-corrected chi connectivity index (χ3v) is 9.96. The van der Waals surface area contributed by atoms with Gasteiger partial charge in [0.05, 0.1) is 11.3 Å². The monoisotopic (exact) mass is 561 g/mol. The zero-order valence-corrected chi connectivity index (χ0v) is 24.4. The number of nitrogens with zero attached hydrogens (tertiary/aromatic N) is 3. The molecule has 6 nitrogen and oxygen atoms in total. The Balaban J connectivity index is 1.12. The van der Waals surface area contributed by atoms with Crippen LogP contribution in [-0.2, 0) is 0 Å². The molecule has 2 atom stereocenters. The molecule has 0 saturated heterocycles. The summed E-state index contributed by atoms with van der Waals surface area (Å²) in [6.07, 6.45) is 17.6. The van der Waals surface area contributed by atoms with E-state index in [0.717, 1.165) is 36.3 Å². The zero-order valence-electron chi connectivity index (χ0n) is 23.5. The number of benzene rings is 1. The maximum absolute atomic E-state index is 15.3. The topological polar surface area (TPSA) is 72.0 Å². The smallest absolute Gasteiger partial charge is 0.223 e. The van der Waals surface area contributed by atoms with Gasteiger partial charge in [-0.2, -0.15) is 0 Å². The Kier molecular flexibility index (Phi) is 8.15. The lowest BCUT2D eigenvalue weighted by Crippen LogP contribution is -2.39. The van der Waals surface area contributed by atoms with Crippen molar-refractivity contribution >= 4 is 23.6 Å². The molecule has 0 spiro atoms. The van der Waals surface area contributed by atoms with E-state index in [1.807, 2.05) is 12.1 Å². The molecule has 0 radical (unpaired) electrons. The van der Waals surface area contributed by atoms with Crippen molar-refractivity contribution in [3.8, 4) is 22.8 Å². The molecule has 212 valence electrons. The minimum Gasteiger partial charge on any atom is -0.453 e. The molecule has 2 N–H and O–H groups in total. The summed E-state index contributed by atoms with van der Waals surface area (Å²) in [5.74, 6) is 3.35. The lowest BCUT2D eigenvalue weighted by atomic mass is 9.65. The maximum atomic E-state index is 15.3. The van der Waals surface area contributed by atoms with E-state index in [2.05, 4.69) is 33.9 Å². The van der Waals surface area contributed by atoms with Crippen molar-refractivity contribution in [1.82, 2.24) is 15.0 Å². The molecule has 3 aromatic rings. The molecule has 0 amide bonds. The highest BCUT2D eigenvalue weighted by Crippen LogP contribution is 2.51. The molecule has 8 heteroatoms. The maximum Gasteiger partial charge on any atom is 0.223 e. The van der Waals surface area contributed by atoms with Crippen molar-refractivity contribution in [2.75, 3.05) is 10.0 Å². The summed E-state index contributed by atoms with van der Waals surface area (Å²) in [5.41, 5.74) is 2.13. The first-order valence-corrected chi connectivity index (χ1v) is 15.7. The third kappa shape index (κ3) is 6.54. The van der Waals surface area contributed by atoms with Crippen molar-refractivity contribution in [2.24, 2.45) is 17.8 Å². The number of hydrogen-bond donors (Lipinski definition) is 2. The fourth-order valence-electron chi connectivity index (χ4n) is 7.24. The van der Waals surface area contributed by atoms with E-state index in [0.29, 0.717) is 29.0 Å². The Bertz CT molecular complexity index is 1300. The van der Waals surface area contributed by atoms with Gasteiger partial charge >= 0.3 is 0 Å². The first-order valence-electron chi connectivity index (χ1n) is 14.9. The van der Waals surface area contributed by atoms with Gasteiger partial charge in [0.25, 0.3) is 0 Å². The highest BCUT2D eigenvalue weighted by atomic mass is 32.2. The van der Waals surface area contributed by atoms with Gasteiger partial charge in [0.2, 0.25) is 5.95 Å². The van der Waals surface area contributed by atoms with Crippen molar-refractivity contribution in [3.05, 3.63) is 54.7 Å². The second-order valence-corrected chi connectivity index (χ2v) is 13.9. The Morgan fingerprint density at radius 1 is 0.975 bits per heavy atom. The van der Waals surface area contributed by atoms with Crippen LogP contribution in [0.15, 0.2) is 48.9 Å². The van der Waals surface area contributed by atoms with Gasteiger partial charge in [-0.25, -0.2) is 14.4 Å². The van der Waals surface area contributed by atoms with Crippen LogP contribution < -0.4 is 14.8 Å². The summed E-state index contributed by atoms with van der Waals surface area (Å²) >= 11 is 1.76. The van der Waals surface area contributed by atoms with Crippen LogP contribution in [0.1, 0.15) is 78.1 Å². The number of halogens is 1. The van der Waals surface area contributed by atoms with E-state index in [9.17, 15) is 0 Å². The Morgan fingerprint density at radius 2 is 1.77 bits per heavy atom. The molecule has 0 aliphatic heterocycles. The number of nitrogens with one attached hydrogen (secondary N) is 2. The molecular formula is C32H40FN5OS. The first-order chi connectivity index (χ1) is 19.4. The fourth-order valence-corrected chi connectivity index (χ4v) is 8.37. The normalized spacial score (nSPS) is 26.7. The van der Waals surface area contributed by atoms with E-state index >= 15 is 4.39 Å². The molecule has 3 fully saturated rings. The second-order valence-electron chi connectivity index (χ2n) is 12.5. The molecule has 3 aliphatic rings. The summed E-state index contributed by atoms with van der Waals surface area (Å²) in [7, 11) is 0. The predicted octanol–water partition coefficient (Wildman–Crippen LogP) is 8.88. The van der Waals surface area contributed by atoms with Crippen LogP contribution >= 0.6 is 11.9 Å². The molecule has 3 saturated carbocycles. The van der Waals surface area contributed by atoms with Gasteiger partial charge in [0.1, 0.15) is 5.75 Å². The average molecular weight is 562 g/mol. The van der Waals surface area contributed by atoms with Gasteiger partial charge in [-0.1, -0.05) is 26.2 Å². The molecular weight excluding hydrogens is 521 g/mol. The van der Waals surface area contributed by atoms with Crippen LogP contribution in [0.3, 0.4) is 0 Å². The summed E-state index contributed by atoms with van der Waals surface area (Å²) in [4.78, 5) is 13.4. The fraction of sp³-hybridized carbons (Fsp3) is 0.531. The second kappa shape index (κ2) is 11.9. The van der Waals surface area contributed by atoms with Crippen LogP contribution in [0, 0.1) is 23.6 Å². The molecule has 3 aliphatic carbocycles. The SMILES string of the molecule is CC1CC2CC(C1)CC(C)(SNc1ccc(Oc3ccncc3-c3ccnc(NC4CCCCC4)n3)c(F)c1)C2. The summed E-state index contributed by atoms with van der Waals surface area (Å²) in [5, 5.41) is 3.47. The molecule has 2 unspecified atom stereocenters. The van der Waals surface area contributed by atoms with Crippen LogP contribution in [0.25, 0.3) is 11.3 Å². The van der Waals surface area contributed by atoms with Gasteiger partial charge in [0.15, 0.2) is 11.6 Å². The van der Waals surface area contributed by atoms with E-state index in [1.165, 1.54) is 57.4 Å². The number of rotatable bonds is 8. The molecule has 2 heterocycles. The van der Waals surface area contributed by atoms with Gasteiger partial charge < -0.3 is 14.8 Å². The van der Waals surface area contributed by atoms with Crippen molar-refractivity contribution in [3.63, 3.8) is 0 Å². The Labute approximate surface area is 241 Å². The standard InChI is InChI=1S/C32H40FN5OS/c1-21-14-22-16-23(15-21)19-32(2,18-22)40-38-25-8-9-30(27(33)17-25)39-29-11-12-34-20-26(29)28-10-13-35-31(37-28)36-24-6-4-3-5-7-24/h8-13,17,20-24,38H,3-7,14-16,18-19H2,1-2H3,(H,35,36,37). The van der Waals surface area contributed by atoms with E-state index in [-0.39, 0.29) is 10.5 Å². The minimum atomic E-state index is -0.407. The van der Waals surface area contributed by atoms with E-state index in [4.69, 9.17) is 9.72 Å². The number of ether oxygens (including phenoxy) is 1. The van der Waals surface area contributed by atoms with Crippen molar-refractivity contribution < 1.29 is 9.13 Å². The summed E-state index contributed by atoms with van der Waals surface area (Å²) < 4.78 is 25.0. The number of aromatic nitrogens is 3. The van der Waals surface area contributed by atoms with Crippen molar-refractivity contribution in [2.45, 2.75) is 88.8 Å².